The van der Waals surface area contributed by atoms with Crippen LogP contribution < -0.4 is 5.73 Å². The Bertz CT molecular complexity index is 848. The fraction of sp³-hybridized carbons (Fsp3) is 0.130. The summed E-state index contributed by atoms with van der Waals surface area (Å²) < 4.78 is 0. The molecule has 0 aliphatic heterocycles. The lowest BCUT2D eigenvalue weighted by Gasteiger charge is -2.34. The van der Waals surface area contributed by atoms with Gasteiger partial charge in [-0.3, -0.25) is 0 Å². The highest BCUT2D eigenvalue weighted by atomic mass is 14.6. The highest BCUT2D eigenvalue weighted by molar-refractivity contribution is 5.66. The average molecular weight is 311 g/mol. The molecule has 0 fully saturated rings. The Kier molecular flexibility index (Phi) is 3.50. The van der Waals surface area contributed by atoms with Crippen molar-refractivity contribution in [2.45, 2.75) is 18.8 Å². The number of nitrogens with two attached hydrogens (primary N) is 1. The molecule has 3 aromatic carbocycles. The minimum Gasteiger partial charge on any atom is -0.402 e. The van der Waals surface area contributed by atoms with E-state index in [1.807, 2.05) is 6.92 Å². The highest BCUT2D eigenvalue weighted by Crippen LogP contribution is 2.52. The summed E-state index contributed by atoms with van der Waals surface area (Å²) in [7, 11) is 0. The van der Waals surface area contributed by atoms with Gasteiger partial charge < -0.3 is 5.73 Å². The first-order valence-corrected chi connectivity index (χ1v) is 8.39. The summed E-state index contributed by atoms with van der Waals surface area (Å²) in [6.45, 7) is 2.03. The summed E-state index contributed by atoms with van der Waals surface area (Å²) in [4.78, 5) is 0. The van der Waals surface area contributed by atoms with E-state index >= 15 is 0 Å². The van der Waals surface area contributed by atoms with E-state index in [1.165, 1.54) is 27.8 Å². The topological polar surface area (TPSA) is 26.0 Å². The van der Waals surface area contributed by atoms with E-state index in [9.17, 15) is 0 Å². The van der Waals surface area contributed by atoms with Crippen molar-refractivity contribution in [3.63, 3.8) is 0 Å². The maximum Gasteiger partial charge on any atom is 0.0686 e. The molecule has 4 rings (SSSR count). The quantitative estimate of drug-likeness (QED) is 0.722. The third kappa shape index (κ3) is 2.01. The molecule has 0 bridgehead atoms. The molecule has 2 N–H and O–H groups in total. The van der Waals surface area contributed by atoms with Crippen LogP contribution in [-0.4, -0.2) is 0 Å². The van der Waals surface area contributed by atoms with Crippen molar-refractivity contribution in [3.8, 4) is 0 Å². The molecule has 0 saturated carbocycles. The van der Waals surface area contributed by atoms with Crippen molar-refractivity contribution in [2.24, 2.45) is 5.73 Å². The number of hydrogen-bond donors (Lipinski definition) is 1. The lowest BCUT2D eigenvalue weighted by Crippen LogP contribution is -2.30. The predicted molar refractivity (Wildman–Crippen MR) is 99.8 cm³/mol. The fourth-order valence-corrected chi connectivity index (χ4v) is 4.16. The maximum atomic E-state index is 6.41. The van der Waals surface area contributed by atoms with Crippen LogP contribution in [0, 0.1) is 0 Å². The SMILES string of the molecule is C/C(N)=C1\Cc2ccccc2C1(c1ccccc1)c1ccccc1. The Morgan fingerprint density at radius 3 is 1.79 bits per heavy atom. The van der Waals surface area contributed by atoms with E-state index < -0.39 is 0 Å². The van der Waals surface area contributed by atoms with Gasteiger partial charge in [-0.25, -0.2) is 0 Å². The average Bonchev–Trinajstić information content (AvgIpc) is 3.00. The van der Waals surface area contributed by atoms with E-state index in [-0.39, 0.29) is 5.41 Å². The number of hydrogen-bond acceptors (Lipinski definition) is 1. The second-order valence-electron chi connectivity index (χ2n) is 6.48. The third-order valence-corrected chi connectivity index (χ3v) is 5.13. The normalized spacial score (nSPS) is 17.4. The summed E-state index contributed by atoms with van der Waals surface area (Å²) in [6.07, 6.45) is 0.905. The van der Waals surface area contributed by atoms with Gasteiger partial charge in [-0.05, 0) is 41.2 Å². The minimum atomic E-state index is -0.294. The Balaban J connectivity index is 2.15. The molecule has 1 heteroatoms. The smallest absolute Gasteiger partial charge is 0.0686 e. The molecular weight excluding hydrogens is 290 g/mol. The van der Waals surface area contributed by atoms with Crippen molar-refractivity contribution >= 4 is 0 Å². The van der Waals surface area contributed by atoms with E-state index in [0.717, 1.165) is 12.1 Å². The van der Waals surface area contributed by atoms with Crippen LogP contribution in [0.15, 0.2) is 96.2 Å². The largest absolute Gasteiger partial charge is 0.402 e. The Morgan fingerprint density at radius 2 is 1.25 bits per heavy atom. The van der Waals surface area contributed by atoms with Gasteiger partial charge in [0.2, 0.25) is 0 Å². The second kappa shape index (κ2) is 5.68. The van der Waals surface area contributed by atoms with Gasteiger partial charge in [-0.15, -0.1) is 0 Å². The standard InChI is InChI=1S/C23H21N/c1-17(24)22-16-18-10-8-9-15-21(18)23(22,19-11-4-2-5-12-19)20-13-6-3-7-14-20/h2-15H,16,24H2,1H3/b22-17-. The van der Waals surface area contributed by atoms with Gasteiger partial charge in [0.25, 0.3) is 0 Å². The van der Waals surface area contributed by atoms with Crippen LogP contribution in [0.3, 0.4) is 0 Å². The van der Waals surface area contributed by atoms with Crippen molar-refractivity contribution in [1.29, 1.82) is 0 Å². The van der Waals surface area contributed by atoms with Gasteiger partial charge in [0.15, 0.2) is 0 Å². The lowest BCUT2D eigenvalue weighted by atomic mass is 9.67. The summed E-state index contributed by atoms with van der Waals surface area (Å²) in [6, 6.07) is 30.2. The Labute approximate surface area is 143 Å². The van der Waals surface area contributed by atoms with Crippen LogP contribution in [0.4, 0.5) is 0 Å². The Morgan fingerprint density at radius 1 is 0.750 bits per heavy atom. The van der Waals surface area contributed by atoms with Crippen molar-refractivity contribution < 1.29 is 0 Å². The molecule has 0 aromatic heterocycles. The molecule has 0 unspecified atom stereocenters. The zero-order valence-corrected chi connectivity index (χ0v) is 13.9. The van der Waals surface area contributed by atoms with Crippen LogP contribution in [0.1, 0.15) is 29.2 Å². The monoisotopic (exact) mass is 311 g/mol. The molecule has 1 nitrogen and oxygen atoms in total. The number of fused-ring (bicyclic) bond motifs is 1. The van der Waals surface area contributed by atoms with Crippen LogP contribution in [0.5, 0.6) is 0 Å². The molecule has 0 spiro atoms. The van der Waals surface area contributed by atoms with Crippen molar-refractivity contribution in [3.05, 3.63) is 118 Å². The molecule has 0 atom stereocenters. The first kappa shape index (κ1) is 14.8. The van der Waals surface area contributed by atoms with Crippen LogP contribution in [0.2, 0.25) is 0 Å². The highest BCUT2D eigenvalue weighted by Gasteiger charge is 2.46. The summed E-state index contributed by atoms with van der Waals surface area (Å²) in [5, 5.41) is 0. The molecule has 118 valence electrons. The molecule has 0 saturated heterocycles. The summed E-state index contributed by atoms with van der Waals surface area (Å²) in [5.41, 5.74) is 13.6. The van der Waals surface area contributed by atoms with Crippen LogP contribution in [-0.2, 0) is 11.8 Å². The predicted octanol–water partition coefficient (Wildman–Crippen LogP) is 4.81. The van der Waals surface area contributed by atoms with E-state index in [4.69, 9.17) is 5.73 Å². The number of benzene rings is 3. The first-order valence-electron chi connectivity index (χ1n) is 8.39. The van der Waals surface area contributed by atoms with Gasteiger partial charge in [-0.2, -0.15) is 0 Å². The lowest BCUT2D eigenvalue weighted by molar-refractivity contribution is 0.735. The molecule has 1 aliphatic rings. The number of rotatable bonds is 2. The summed E-state index contributed by atoms with van der Waals surface area (Å²) >= 11 is 0. The molecule has 24 heavy (non-hydrogen) atoms. The molecule has 3 aromatic rings. The minimum absolute atomic E-state index is 0.294. The second-order valence-corrected chi connectivity index (χ2v) is 6.48. The van der Waals surface area contributed by atoms with Crippen LogP contribution >= 0.6 is 0 Å². The zero-order valence-electron chi connectivity index (χ0n) is 13.9. The van der Waals surface area contributed by atoms with Gasteiger partial charge >= 0.3 is 0 Å². The van der Waals surface area contributed by atoms with Crippen molar-refractivity contribution in [2.75, 3.05) is 0 Å². The molecule has 0 amide bonds. The van der Waals surface area contributed by atoms with Gasteiger partial charge in [-0.1, -0.05) is 84.9 Å². The molecule has 0 radical (unpaired) electrons. The fourth-order valence-electron chi connectivity index (χ4n) is 4.16. The van der Waals surface area contributed by atoms with Gasteiger partial charge in [0, 0.05) is 5.70 Å². The van der Waals surface area contributed by atoms with Gasteiger partial charge in [0.05, 0.1) is 5.41 Å². The molecule has 0 heterocycles. The van der Waals surface area contributed by atoms with Crippen molar-refractivity contribution in [1.82, 2.24) is 0 Å². The van der Waals surface area contributed by atoms with E-state index in [2.05, 4.69) is 84.9 Å². The van der Waals surface area contributed by atoms with Gasteiger partial charge in [0.1, 0.15) is 0 Å². The van der Waals surface area contributed by atoms with E-state index in [1.54, 1.807) is 0 Å². The number of allylic oxidation sites excluding steroid dienone is 2. The van der Waals surface area contributed by atoms with E-state index in [0.29, 0.717) is 0 Å². The summed E-state index contributed by atoms with van der Waals surface area (Å²) in [5.74, 6) is 0. The van der Waals surface area contributed by atoms with Crippen LogP contribution in [0.25, 0.3) is 0 Å². The Hall–Kier alpha value is -2.80. The molecule has 1 aliphatic carbocycles. The third-order valence-electron chi connectivity index (χ3n) is 5.13. The first-order chi connectivity index (χ1) is 11.7. The maximum absolute atomic E-state index is 6.41. The molecular formula is C23H21N. The zero-order chi connectivity index (χ0) is 16.6.